The summed E-state index contributed by atoms with van der Waals surface area (Å²) in [6, 6.07) is 8.82. The molecule has 2 aromatic rings. The Morgan fingerprint density at radius 3 is 2.24 bits per heavy atom. The van der Waals surface area contributed by atoms with Gasteiger partial charge in [0.2, 0.25) is 0 Å². The van der Waals surface area contributed by atoms with Gasteiger partial charge < -0.3 is 4.42 Å². The lowest BCUT2D eigenvalue weighted by Crippen LogP contribution is -2.29. The molecule has 0 spiro atoms. The Balaban J connectivity index is 1.77. The maximum absolute atomic E-state index is 12.2. The molecule has 1 aromatic carbocycles. The summed E-state index contributed by atoms with van der Waals surface area (Å²) in [4.78, 5) is 25.6. The minimum absolute atomic E-state index is 0.236. The molecule has 2 amide bonds. The van der Waals surface area contributed by atoms with Gasteiger partial charge in [0.15, 0.2) is 0 Å². The average molecular weight is 281 g/mol. The highest BCUT2D eigenvalue weighted by Gasteiger charge is 2.34. The van der Waals surface area contributed by atoms with Gasteiger partial charge in [-0.1, -0.05) is 24.3 Å². The normalized spacial score (nSPS) is 14.3. The van der Waals surface area contributed by atoms with E-state index in [1.54, 1.807) is 30.3 Å². The second kappa shape index (κ2) is 5.05. The van der Waals surface area contributed by atoms with Gasteiger partial charge >= 0.3 is 0 Å². The number of imide groups is 1. The van der Waals surface area contributed by atoms with Crippen LogP contribution in [0.1, 0.15) is 37.8 Å². The van der Waals surface area contributed by atoms with Crippen molar-refractivity contribution in [1.29, 1.82) is 0 Å². The first kappa shape index (κ1) is 13.4. The van der Waals surface area contributed by atoms with Gasteiger partial charge in [-0.2, -0.15) is 0 Å². The molecule has 0 fully saturated rings. The third kappa shape index (κ3) is 2.29. The maximum atomic E-state index is 12.2. The van der Waals surface area contributed by atoms with Crippen molar-refractivity contribution >= 4 is 17.9 Å². The van der Waals surface area contributed by atoms with Crippen molar-refractivity contribution in [3.63, 3.8) is 0 Å². The van der Waals surface area contributed by atoms with Crippen LogP contribution in [-0.2, 0) is 0 Å². The fourth-order valence-corrected chi connectivity index (χ4v) is 2.51. The molecule has 0 bridgehead atoms. The molecule has 1 aromatic heterocycles. The number of carbonyl (C=O) groups is 2. The van der Waals surface area contributed by atoms with Gasteiger partial charge in [-0.05, 0) is 32.0 Å². The van der Waals surface area contributed by atoms with Crippen molar-refractivity contribution in [1.82, 2.24) is 4.90 Å². The van der Waals surface area contributed by atoms with Crippen molar-refractivity contribution in [2.75, 3.05) is 6.54 Å². The van der Waals surface area contributed by atoms with E-state index in [4.69, 9.17) is 4.42 Å². The fraction of sp³-hybridized carbons (Fsp3) is 0.176. The lowest BCUT2D eigenvalue weighted by Gasteiger charge is -2.10. The molecule has 3 rings (SSSR count). The third-order valence-corrected chi connectivity index (χ3v) is 3.54. The summed E-state index contributed by atoms with van der Waals surface area (Å²) in [6.45, 7) is 4.03. The topological polar surface area (TPSA) is 50.5 Å². The van der Waals surface area contributed by atoms with E-state index in [1.165, 1.54) is 4.90 Å². The molecule has 106 valence electrons. The molecule has 4 heteroatoms. The summed E-state index contributed by atoms with van der Waals surface area (Å²) in [6.07, 6.45) is 3.67. The smallest absolute Gasteiger partial charge is 0.261 e. The zero-order valence-corrected chi connectivity index (χ0v) is 11.9. The molecule has 0 N–H and O–H groups in total. The zero-order chi connectivity index (χ0) is 15.0. The number of carbonyl (C=O) groups excluding carboxylic acids is 2. The highest BCUT2D eigenvalue weighted by atomic mass is 16.3. The molecule has 0 radical (unpaired) electrons. The minimum Gasteiger partial charge on any atom is -0.466 e. The van der Waals surface area contributed by atoms with E-state index in [0.29, 0.717) is 11.1 Å². The second-order valence-corrected chi connectivity index (χ2v) is 5.04. The molecule has 1 aliphatic rings. The Morgan fingerprint density at radius 1 is 1.10 bits per heavy atom. The van der Waals surface area contributed by atoms with Crippen LogP contribution < -0.4 is 0 Å². The molecule has 2 heterocycles. The van der Waals surface area contributed by atoms with Crippen LogP contribution in [0.5, 0.6) is 0 Å². The molecule has 1 aliphatic heterocycles. The average Bonchev–Trinajstić information content (AvgIpc) is 2.91. The lowest BCUT2D eigenvalue weighted by molar-refractivity contribution is 0.0672. The molecule has 0 unspecified atom stereocenters. The molecule has 0 saturated carbocycles. The van der Waals surface area contributed by atoms with Gasteiger partial charge in [-0.25, -0.2) is 0 Å². The van der Waals surface area contributed by atoms with E-state index in [2.05, 4.69) is 0 Å². The van der Waals surface area contributed by atoms with Crippen LogP contribution in [0, 0.1) is 13.8 Å². The molecule has 0 atom stereocenters. The van der Waals surface area contributed by atoms with E-state index in [0.717, 1.165) is 17.1 Å². The predicted octanol–water partition coefficient (Wildman–Crippen LogP) is 3.21. The van der Waals surface area contributed by atoms with E-state index in [-0.39, 0.29) is 18.4 Å². The molecule has 0 aliphatic carbocycles. The number of furan rings is 1. The van der Waals surface area contributed by atoms with Crippen LogP contribution in [-0.4, -0.2) is 23.3 Å². The standard InChI is InChI=1S/C17H15NO3/c1-11-10-13(12(2)21-11)6-5-9-18-16(19)14-7-3-4-8-15(14)17(18)20/h3-8,10H,9H2,1-2H3/b6-5+. The van der Waals surface area contributed by atoms with Gasteiger partial charge in [0, 0.05) is 12.1 Å². The number of fused-ring (bicyclic) bond motifs is 1. The zero-order valence-electron chi connectivity index (χ0n) is 11.9. The van der Waals surface area contributed by atoms with Crippen molar-refractivity contribution < 1.29 is 14.0 Å². The van der Waals surface area contributed by atoms with Crippen LogP contribution in [0.3, 0.4) is 0 Å². The second-order valence-electron chi connectivity index (χ2n) is 5.04. The Kier molecular flexibility index (Phi) is 3.22. The summed E-state index contributed by atoms with van der Waals surface area (Å²) in [5.41, 5.74) is 1.92. The van der Waals surface area contributed by atoms with Crippen LogP contribution in [0.2, 0.25) is 0 Å². The Bertz CT molecular complexity index is 720. The number of aryl methyl sites for hydroxylation is 2. The molecule has 21 heavy (non-hydrogen) atoms. The van der Waals surface area contributed by atoms with Crippen LogP contribution >= 0.6 is 0 Å². The van der Waals surface area contributed by atoms with E-state index in [1.807, 2.05) is 26.0 Å². The fourth-order valence-electron chi connectivity index (χ4n) is 2.51. The number of rotatable bonds is 3. The van der Waals surface area contributed by atoms with Gasteiger partial charge in [-0.3, -0.25) is 14.5 Å². The van der Waals surface area contributed by atoms with Crippen molar-refractivity contribution in [3.05, 3.63) is 64.6 Å². The van der Waals surface area contributed by atoms with Gasteiger partial charge in [0.25, 0.3) is 11.8 Å². The monoisotopic (exact) mass is 281 g/mol. The SMILES string of the molecule is Cc1cc(/C=C/CN2C(=O)c3ccccc3C2=O)c(C)o1. The molecule has 4 nitrogen and oxygen atoms in total. The number of benzene rings is 1. The summed E-state index contributed by atoms with van der Waals surface area (Å²) in [5, 5.41) is 0. The van der Waals surface area contributed by atoms with Crippen molar-refractivity contribution in [3.8, 4) is 0 Å². The minimum atomic E-state index is -0.236. The van der Waals surface area contributed by atoms with Crippen molar-refractivity contribution in [2.24, 2.45) is 0 Å². The molecular weight excluding hydrogens is 266 g/mol. The number of hydrogen-bond acceptors (Lipinski definition) is 3. The first-order valence-electron chi connectivity index (χ1n) is 6.76. The quantitative estimate of drug-likeness (QED) is 0.812. The van der Waals surface area contributed by atoms with E-state index < -0.39 is 0 Å². The summed E-state index contributed by atoms with van der Waals surface area (Å²) in [7, 11) is 0. The maximum Gasteiger partial charge on any atom is 0.261 e. The van der Waals surface area contributed by atoms with Gasteiger partial charge in [0.1, 0.15) is 11.5 Å². The highest BCUT2D eigenvalue weighted by molar-refractivity contribution is 6.21. The van der Waals surface area contributed by atoms with E-state index in [9.17, 15) is 9.59 Å². The van der Waals surface area contributed by atoms with E-state index >= 15 is 0 Å². The number of hydrogen-bond donors (Lipinski definition) is 0. The van der Waals surface area contributed by atoms with Crippen molar-refractivity contribution in [2.45, 2.75) is 13.8 Å². The third-order valence-electron chi connectivity index (χ3n) is 3.54. The number of amides is 2. The van der Waals surface area contributed by atoms with Crippen LogP contribution in [0.15, 0.2) is 40.8 Å². The first-order chi connectivity index (χ1) is 10.1. The van der Waals surface area contributed by atoms with Gasteiger partial charge in [0.05, 0.1) is 11.1 Å². The lowest BCUT2D eigenvalue weighted by atomic mass is 10.1. The summed E-state index contributed by atoms with van der Waals surface area (Å²) < 4.78 is 5.43. The summed E-state index contributed by atoms with van der Waals surface area (Å²) >= 11 is 0. The van der Waals surface area contributed by atoms with Crippen LogP contribution in [0.25, 0.3) is 6.08 Å². The van der Waals surface area contributed by atoms with Crippen LogP contribution in [0.4, 0.5) is 0 Å². The van der Waals surface area contributed by atoms with Gasteiger partial charge in [-0.15, -0.1) is 0 Å². The largest absolute Gasteiger partial charge is 0.466 e. The predicted molar refractivity (Wildman–Crippen MR) is 79.0 cm³/mol. The Labute approximate surface area is 122 Å². The Hall–Kier alpha value is -2.62. The number of nitrogens with zero attached hydrogens (tertiary/aromatic N) is 1. The highest BCUT2D eigenvalue weighted by Crippen LogP contribution is 2.22. The molecule has 0 saturated heterocycles. The molecular formula is C17H15NO3. The Morgan fingerprint density at radius 2 is 1.71 bits per heavy atom. The first-order valence-corrected chi connectivity index (χ1v) is 6.76. The summed E-state index contributed by atoms with van der Waals surface area (Å²) in [5.74, 6) is 1.19.